The van der Waals surface area contributed by atoms with Gasteiger partial charge in [-0.3, -0.25) is 4.90 Å². The largest absolute Gasteiger partial charge is 0.316 e. The van der Waals surface area contributed by atoms with Gasteiger partial charge >= 0.3 is 0 Å². The number of nitrogens with one attached hydrogen (secondary N) is 1. The van der Waals surface area contributed by atoms with E-state index in [0.717, 1.165) is 29.0 Å². The van der Waals surface area contributed by atoms with Crippen LogP contribution in [0.2, 0.25) is 4.34 Å². The Morgan fingerprint density at radius 3 is 3.07 bits per heavy atom. The lowest BCUT2D eigenvalue weighted by Crippen LogP contribution is -2.29. The summed E-state index contributed by atoms with van der Waals surface area (Å²) in [6.07, 6.45) is 2.96. The highest BCUT2D eigenvalue weighted by atomic mass is 35.5. The number of aromatic nitrogens is 1. The Kier molecular flexibility index (Phi) is 5.29. The van der Waals surface area contributed by atoms with Gasteiger partial charge in [0.05, 0.1) is 12.7 Å². The van der Waals surface area contributed by atoms with Crippen molar-refractivity contribution in [2.45, 2.75) is 19.0 Å². The molecule has 0 radical (unpaired) electrons. The number of nitrogens with zero attached hydrogens (tertiary/aromatic N) is 2. The Morgan fingerprint density at radius 2 is 2.53 bits per heavy atom. The first-order valence-electron chi connectivity index (χ1n) is 4.78. The van der Waals surface area contributed by atoms with E-state index in [-0.39, 0.29) is 12.4 Å². The monoisotopic (exact) mass is 267 g/mol. The maximum absolute atomic E-state index is 5.83. The molecule has 6 heteroatoms. The van der Waals surface area contributed by atoms with Crippen molar-refractivity contribution >= 4 is 35.3 Å². The van der Waals surface area contributed by atoms with Gasteiger partial charge in [0, 0.05) is 19.1 Å². The predicted molar refractivity (Wildman–Crippen MR) is 67.1 cm³/mol. The first-order chi connectivity index (χ1) is 6.78. The molecule has 1 aliphatic heterocycles. The van der Waals surface area contributed by atoms with Crippen LogP contribution in [0.3, 0.4) is 0 Å². The van der Waals surface area contributed by atoms with E-state index in [1.54, 1.807) is 17.5 Å². The first kappa shape index (κ1) is 13.2. The molecule has 1 fully saturated rings. The van der Waals surface area contributed by atoms with E-state index in [2.05, 4.69) is 15.2 Å². The molecule has 1 aromatic heterocycles. The van der Waals surface area contributed by atoms with E-state index in [4.69, 9.17) is 11.6 Å². The van der Waals surface area contributed by atoms with Gasteiger partial charge in [0.2, 0.25) is 0 Å². The Hall–Kier alpha value is 0.130. The minimum atomic E-state index is 0. The van der Waals surface area contributed by atoms with Crippen molar-refractivity contribution in [1.82, 2.24) is 15.2 Å². The molecule has 2 rings (SSSR count). The van der Waals surface area contributed by atoms with Crippen molar-refractivity contribution in [2.24, 2.45) is 0 Å². The van der Waals surface area contributed by atoms with Gasteiger partial charge in [0.15, 0.2) is 0 Å². The lowest BCUT2D eigenvalue weighted by molar-refractivity contribution is 0.322. The molecule has 0 saturated carbocycles. The van der Waals surface area contributed by atoms with Gasteiger partial charge in [-0.15, -0.1) is 23.7 Å². The third-order valence-electron chi connectivity index (χ3n) is 2.56. The average molecular weight is 268 g/mol. The van der Waals surface area contributed by atoms with E-state index in [9.17, 15) is 0 Å². The number of hydrogen-bond donors (Lipinski definition) is 1. The van der Waals surface area contributed by atoms with Crippen molar-refractivity contribution in [3.8, 4) is 0 Å². The molecule has 1 unspecified atom stereocenters. The summed E-state index contributed by atoms with van der Waals surface area (Å²) in [6.45, 7) is 3.21. The predicted octanol–water partition coefficient (Wildman–Crippen LogP) is 2.01. The molecule has 1 atom stereocenters. The lowest BCUT2D eigenvalue weighted by Gasteiger charge is -2.13. The number of likely N-dealkylation sites (tertiary alicyclic amines) is 1. The summed E-state index contributed by atoms with van der Waals surface area (Å²) in [6, 6.07) is 0.644. The number of hydrogen-bond acceptors (Lipinski definition) is 4. The van der Waals surface area contributed by atoms with Crippen LogP contribution in [-0.4, -0.2) is 36.1 Å². The highest BCUT2D eigenvalue weighted by Crippen LogP contribution is 2.21. The third-order valence-corrected chi connectivity index (χ3v) is 3.66. The van der Waals surface area contributed by atoms with Crippen LogP contribution < -0.4 is 5.32 Å². The van der Waals surface area contributed by atoms with Crippen molar-refractivity contribution in [3.05, 3.63) is 15.5 Å². The van der Waals surface area contributed by atoms with E-state index in [1.165, 1.54) is 6.42 Å². The molecule has 0 amide bonds. The molecule has 1 N–H and O–H groups in total. The lowest BCUT2D eigenvalue weighted by atomic mass is 10.3. The van der Waals surface area contributed by atoms with Crippen LogP contribution >= 0.6 is 35.3 Å². The van der Waals surface area contributed by atoms with Crippen LogP contribution in [0.4, 0.5) is 0 Å². The van der Waals surface area contributed by atoms with Crippen LogP contribution in [0, 0.1) is 0 Å². The molecular weight excluding hydrogens is 253 g/mol. The second kappa shape index (κ2) is 6.01. The molecule has 3 nitrogen and oxygen atoms in total. The summed E-state index contributed by atoms with van der Waals surface area (Å²) in [5, 5.41) is 4.42. The van der Waals surface area contributed by atoms with Crippen molar-refractivity contribution in [3.63, 3.8) is 0 Å². The Balaban J connectivity index is 0.00000112. The number of rotatable bonds is 3. The molecule has 0 spiro atoms. The molecule has 1 saturated heterocycles. The second-order valence-corrected chi connectivity index (χ2v) is 5.31. The minimum absolute atomic E-state index is 0. The molecule has 2 heterocycles. The quantitative estimate of drug-likeness (QED) is 0.909. The average Bonchev–Trinajstić information content (AvgIpc) is 2.76. The summed E-state index contributed by atoms with van der Waals surface area (Å²) in [5.74, 6) is 0. The van der Waals surface area contributed by atoms with Gasteiger partial charge in [0.1, 0.15) is 9.34 Å². The Labute approximate surface area is 105 Å². The number of thiazole rings is 1. The summed E-state index contributed by atoms with van der Waals surface area (Å²) in [5.41, 5.74) is 0. The summed E-state index contributed by atoms with van der Waals surface area (Å²) < 4.78 is 0.782. The zero-order valence-corrected chi connectivity index (χ0v) is 11.0. The van der Waals surface area contributed by atoms with Gasteiger partial charge in [-0.2, -0.15) is 0 Å². The first-order valence-corrected chi connectivity index (χ1v) is 5.97. The smallest absolute Gasteiger partial charge is 0.113 e. The zero-order chi connectivity index (χ0) is 9.97. The molecule has 1 aromatic rings. The summed E-state index contributed by atoms with van der Waals surface area (Å²) in [7, 11) is 2.02. The molecule has 0 bridgehead atoms. The van der Waals surface area contributed by atoms with Crippen LogP contribution in [0.25, 0.3) is 0 Å². The molecule has 0 aromatic carbocycles. The summed E-state index contributed by atoms with van der Waals surface area (Å²) in [4.78, 5) is 6.67. The highest BCUT2D eigenvalue weighted by Gasteiger charge is 2.21. The SMILES string of the molecule is CNC1CCN(Cc2ncc(Cl)s2)C1.Cl. The fourth-order valence-corrected chi connectivity index (χ4v) is 2.76. The molecule has 15 heavy (non-hydrogen) atoms. The van der Waals surface area contributed by atoms with Gasteiger partial charge in [-0.05, 0) is 13.5 Å². The molecule has 0 aliphatic carbocycles. The molecular formula is C9H15Cl2N3S. The van der Waals surface area contributed by atoms with Gasteiger partial charge in [-0.1, -0.05) is 11.6 Å². The van der Waals surface area contributed by atoms with E-state index < -0.39 is 0 Å². The van der Waals surface area contributed by atoms with Gasteiger partial charge in [-0.25, -0.2) is 4.98 Å². The van der Waals surface area contributed by atoms with Crippen LogP contribution in [0.15, 0.2) is 6.20 Å². The van der Waals surface area contributed by atoms with E-state index in [0.29, 0.717) is 6.04 Å². The van der Waals surface area contributed by atoms with Crippen molar-refractivity contribution in [2.75, 3.05) is 20.1 Å². The van der Waals surface area contributed by atoms with Crippen LogP contribution in [-0.2, 0) is 6.54 Å². The number of halogens is 2. The Morgan fingerprint density at radius 1 is 1.73 bits per heavy atom. The summed E-state index contributed by atoms with van der Waals surface area (Å²) >= 11 is 7.40. The molecule has 1 aliphatic rings. The van der Waals surface area contributed by atoms with E-state index >= 15 is 0 Å². The van der Waals surface area contributed by atoms with Crippen molar-refractivity contribution in [1.29, 1.82) is 0 Å². The standard InChI is InChI=1S/C9H14ClN3S.ClH/c1-11-7-2-3-13(5-7)6-9-12-4-8(10)14-9;/h4,7,11H,2-3,5-6H2,1H3;1H. The molecule has 86 valence electrons. The maximum Gasteiger partial charge on any atom is 0.113 e. The van der Waals surface area contributed by atoms with Gasteiger partial charge < -0.3 is 5.32 Å². The third kappa shape index (κ3) is 3.57. The highest BCUT2D eigenvalue weighted by molar-refractivity contribution is 7.15. The normalized spacial score (nSPS) is 21.6. The topological polar surface area (TPSA) is 28.2 Å². The number of likely N-dealkylation sites (N-methyl/N-ethyl adjacent to an activating group) is 1. The Bertz CT molecular complexity index is 305. The minimum Gasteiger partial charge on any atom is -0.316 e. The van der Waals surface area contributed by atoms with Crippen molar-refractivity contribution < 1.29 is 0 Å². The maximum atomic E-state index is 5.83. The van der Waals surface area contributed by atoms with Crippen LogP contribution in [0.1, 0.15) is 11.4 Å². The van der Waals surface area contributed by atoms with Gasteiger partial charge in [0.25, 0.3) is 0 Å². The fourth-order valence-electron chi connectivity index (χ4n) is 1.76. The fraction of sp³-hybridized carbons (Fsp3) is 0.667. The zero-order valence-electron chi connectivity index (χ0n) is 8.57. The second-order valence-electron chi connectivity index (χ2n) is 3.57. The van der Waals surface area contributed by atoms with Crippen LogP contribution in [0.5, 0.6) is 0 Å². The van der Waals surface area contributed by atoms with E-state index in [1.807, 2.05) is 7.05 Å².